The van der Waals surface area contributed by atoms with Crippen LogP contribution in [0.1, 0.15) is 0 Å². The van der Waals surface area contributed by atoms with Crippen LogP contribution in [0, 0.1) is 0 Å². The molecule has 0 saturated carbocycles. The third-order valence-corrected chi connectivity index (χ3v) is 4.87. The SMILES string of the molecule is COc1ccccc1NC(=O)N1CCN(c2ccc(-c3ccncc3)nn2)CC1. The Morgan fingerprint density at radius 3 is 2.41 bits per heavy atom. The van der Waals surface area contributed by atoms with Crippen LogP contribution in [0.15, 0.2) is 60.9 Å². The van der Waals surface area contributed by atoms with E-state index in [1.54, 1.807) is 24.4 Å². The van der Waals surface area contributed by atoms with Gasteiger partial charge in [-0.3, -0.25) is 4.98 Å². The summed E-state index contributed by atoms with van der Waals surface area (Å²) in [6.07, 6.45) is 3.47. The number of hydrogen-bond donors (Lipinski definition) is 1. The number of methoxy groups -OCH3 is 1. The molecule has 1 aromatic carbocycles. The maximum absolute atomic E-state index is 12.6. The Morgan fingerprint density at radius 2 is 1.72 bits per heavy atom. The maximum Gasteiger partial charge on any atom is 0.322 e. The number of benzene rings is 1. The second-order valence-corrected chi connectivity index (χ2v) is 6.62. The number of anilines is 2. The van der Waals surface area contributed by atoms with Gasteiger partial charge in [-0.2, -0.15) is 0 Å². The number of ether oxygens (including phenoxy) is 1. The number of amides is 2. The van der Waals surface area contributed by atoms with Gasteiger partial charge in [-0.25, -0.2) is 4.79 Å². The zero-order valence-corrected chi connectivity index (χ0v) is 16.2. The summed E-state index contributed by atoms with van der Waals surface area (Å²) in [6, 6.07) is 15.0. The van der Waals surface area contributed by atoms with Gasteiger partial charge < -0.3 is 19.9 Å². The summed E-state index contributed by atoms with van der Waals surface area (Å²) < 4.78 is 5.29. The van der Waals surface area contributed by atoms with Crippen molar-refractivity contribution >= 4 is 17.5 Å². The summed E-state index contributed by atoms with van der Waals surface area (Å²) in [5.74, 6) is 1.46. The van der Waals surface area contributed by atoms with Crippen molar-refractivity contribution in [2.24, 2.45) is 0 Å². The number of para-hydroxylation sites is 2. The molecule has 148 valence electrons. The molecule has 3 aromatic rings. The molecule has 2 amide bonds. The summed E-state index contributed by atoms with van der Waals surface area (Å²) in [4.78, 5) is 20.5. The lowest BCUT2D eigenvalue weighted by Crippen LogP contribution is -2.50. The van der Waals surface area contributed by atoms with Crippen LogP contribution in [-0.2, 0) is 0 Å². The average Bonchev–Trinajstić information content (AvgIpc) is 2.80. The van der Waals surface area contributed by atoms with Crippen LogP contribution in [0.3, 0.4) is 0 Å². The van der Waals surface area contributed by atoms with E-state index in [-0.39, 0.29) is 6.03 Å². The van der Waals surface area contributed by atoms with E-state index < -0.39 is 0 Å². The molecule has 8 nitrogen and oxygen atoms in total. The molecule has 4 rings (SSSR count). The molecule has 29 heavy (non-hydrogen) atoms. The van der Waals surface area contributed by atoms with Gasteiger partial charge in [0, 0.05) is 44.1 Å². The predicted molar refractivity (Wildman–Crippen MR) is 111 cm³/mol. The van der Waals surface area contributed by atoms with Crippen molar-refractivity contribution in [1.82, 2.24) is 20.1 Å². The smallest absolute Gasteiger partial charge is 0.322 e. The summed E-state index contributed by atoms with van der Waals surface area (Å²) >= 11 is 0. The zero-order chi connectivity index (χ0) is 20.1. The number of aromatic nitrogens is 3. The van der Waals surface area contributed by atoms with E-state index >= 15 is 0 Å². The number of urea groups is 1. The molecule has 1 saturated heterocycles. The molecule has 1 N–H and O–H groups in total. The second kappa shape index (κ2) is 8.55. The monoisotopic (exact) mass is 390 g/mol. The standard InChI is InChI=1S/C21H22N6O2/c1-29-19-5-3-2-4-18(19)23-21(28)27-14-12-26(13-15-27)20-7-6-17(24-25-20)16-8-10-22-11-9-16/h2-11H,12-15H2,1H3,(H,23,28). The minimum Gasteiger partial charge on any atom is -0.495 e. The van der Waals surface area contributed by atoms with Crippen LogP contribution in [0.25, 0.3) is 11.3 Å². The molecule has 0 unspecified atom stereocenters. The summed E-state index contributed by atoms with van der Waals surface area (Å²) in [7, 11) is 1.59. The van der Waals surface area contributed by atoms with E-state index in [0.29, 0.717) is 37.6 Å². The normalized spacial score (nSPS) is 13.8. The quantitative estimate of drug-likeness (QED) is 0.738. The molecule has 0 radical (unpaired) electrons. The first-order chi connectivity index (χ1) is 14.2. The van der Waals surface area contributed by atoms with Crippen LogP contribution in [0.2, 0.25) is 0 Å². The summed E-state index contributed by atoms with van der Waals surface area (Å²) in [5, 5.41) is 11.6. The van der Waals surface area contributed by atoms with E-state index in [2.05, 4.69) is 25.4 Å². The first kappa shape index (κ1) is 18.7. The molecular formula is C21H22N6O2. The summed E-state index contributed by atoms with van der Waals surface area (Å²) in [5.41, 5.74) is 2.46. The Balaban J connectivity index is 1.35. The molecule has 1 aliphatic heterocycles. The molecular weight excluding hydrogens is 368 g/mol. The van der Waals surface area contributed by atoms with Gasteiger partial charge in [0.25, 0.3) is 0 Å². The highest BCUT2D eigenvalue weighted by atomic mass is 16.5. The minimum atomic E-state index is -0.131. The third-order valence-electron chi connectivity index (χ3n) is 4.87. The van der Waals surface area contributed by atoms with Gasteiger partial charge in [-0.05, 0) is 36.4 Å². The van der Waals surface area contributed by atoms with Crippen molar-refractivity contribution in [2.45, 2.75) is 0 Å². The van der Waals surface area contributed by atoms with Crippen LogP contribution in [-0.4, -0.2) is 59.4 Å². The lowest BCUT2D eigenvalue weighted by molar-refractivity contribution is 0.208. The van der Waals surface area contributed by atoms with Crippen LogP contribution < -0.4 is 15.0 Å². The number of rotatable bonds is 4. The van der Waals surface area contributed by atoms with Crippen LogP contribution in [0.5, 0.6) is 5.75 Å². The molecule has 0 bridgehead atoms. The highest BCUT2D eigenvalue weighted by Gasteiger charge is 2.22. The Labute approximate surface area is 169 Å². The fourth-order valence-electron chi connectivity index (χ4n) is 3.25. The van der Waals surface area contributed by atoms with E-state index in [4.69, 9.17) is 4.74 Å². The summed E-state index contributed by atoms with van der Waals surface area (Å²) in [6.45, 7) is 2.61. The van der Waals surface area contributed by atoms with Gasteiger partial charge in [0.05, 0.1) is 18.5 Å². The van der Waals surface area contributed by atoms with Crippen molar-refractivity contribution in [3.05, 3.63) is 60.9 Å². The molecule has 2 aromatic heterocycles. The lowest BCUT2D eigenvalue weighted by Gasteiger charge is -2.35. The van der Waals surface area contributed by atoms with Crippen LogP contribution in [0.4, 0.5) is 16.3 Å². The Hall–Kier alpha value is -3.68. The van der Waals surface area contributed by atoms with E-state index in [1.165, 1.54) is 0 Å². The van der Waals surface area contributed by atoms with Gasteiger partial charge in [-0.15, -0.1) is 10.2 Å². The van der Waals surface area contributed by atoms with Crippen molar-refractivity contribution in [1.29, 1.82) is 0 Å². The zero-order valence-electron chi connectivity index (χ0n) is 16.2. The third kappa shape index (κ3) is 4.26. The number of nitrogens with one attached hydrogen (secondary N) is 1. The fourth-order valence-corrected chi connectivity index (χ4v) is 3.25. The highest BCUT2D eigenvalue weighted by molar-refractivity contribution is 5.91. The van der Waals surface area contributed by atoms with Gasteiger partial charge in [0.2, 0.25) is 0 Å². The van der Waals surface area contributed by atoms with Gasteiger partial charge >= 0.3 is 6.03 Å². The van der Waals surface area contributed by atoms with Gasteiger partial charge in [-0.1, -0.05) is 12.1 Å². The number of piperazine rings is 1. The predicted octanol–water partition coefficient (Wildman–Crippen LogP) is 2.90. The molecule has 1 fully saturated rings. The molecule has 1 aliphatic rings. The molecule has 0 spiro atoms. The molecule has 8 heteroatoms. The number of nitrogens with zero attached hydrogens (tertiary/aromatic N) is 5. The van der Waals surface area contributed by atoms with E-state index in [9.17, 15) is 4.79 Å². The largest absolute Gasteiger partial charge is 0.495 e. The number of carbonyl (C=O) groups is 1. The topological polar surface area (TPSA) is 83.5 Å². The second-order valence-electron chi connectivity index (χ2n) is 6.62. The lowest BCUT2D eigenvalue weighted by atomic mass is 10.2. The van der Waals surface area contributed by atoms with E-state index in [1.807, 2.05) is 48.5 Å². The minimum absolute atomic E-state index is 0.131. The van der Waals surface area contributed by atoms with Gasteiger partial charge in [0.1, 0.15) is 5.75 Å². The van der Waals surface area contributed by atoms with Crippen molar-refractivity contribution in [3.8, 4) is 17.0 Å². The number of pyridine rings is 1. The average molecular weight is 390 g/mol. The first-order valence-corrected chi connectivity index (χ1v) is 9.42. The number of carbonyl (C=O) groups excluding carboxylic acids is 1. The van der Waals surface area contributed by atoms with Gasteiger partial charge in [0.15, 0.2) is 5.82 Å². The van der Waals surface area contributed by atoms with E-state index in [0.717, 1.165) is 17.1 Å². The Morgan fingerprint density at radius 1 is 0.966 bits per heavy atom. The first-order valence-electron chi connectivity index (χ1n) is 9.42. The van der Waals surface area contributed by atoms with Crippen molar-refractivity contribution in [2.75, 3.05) is 43.5 Å². The number of hydrogen-bond acceptors (Lipinski definition) is 6. The Bertz CT molecular complexity index is 956. The molecule has 0 atom stereocenters. The fraction of sp³-hybridized carbons (Fsp3) is 0.238. The van der Waals surface area contributed by atoms with Crippen molar-refractivity contribution in [3.63, 3.8) is 0 Å². The Kier molecular flexibility index (Phi) is 5.51. The maximum atomic E-state index is 12.6. The van der Waals surface area contributed by atoms with Crippen LogP contribution >= 0.6 is 0 Å². The van der Waals surface area contributed by atoms with Crippen molar-refractivity contribution < 1.29 is 9.53 Å². The molecule has 3 heterocycles. The molecule has 0 aliphatic carbocycles. The highest BCUT2D eigenvalue weighted by Crippen LogP contribution is 2.24.